The highest BCUT2D eigenvalue weighted by atomic mass is 35.5. The molecule has 0 aliphatic rings. The fourth-order valence-corrected chi connectivity index (χ4v) is 3.37. The minimum Gasteiger partial charge on any atom is -0.357 e. The molecule has 0 saturated carbocycles. The molecule has 0 spiro atoms. The third-order valence-corrected chi connectivity index (χ3v) is 4.75. The highest BCUT2D eigenvalue weighted by Crippen LogP contribution is 2.37. The summed E-state index contributed by atoms with van der Waals surface area (Å²) in [6.07, 6.45) is 0. The molecular formula is C16H10ClF3N2O3S. The van der Waals surface area contributed by atoms with Gasteiger partial charge < -0.3 is 4.52 Å². The SMILES string of the molecule is NS(=O)(=O)c1c(F)cc(-c2c(-c3cccc(Cl)c3)noc2CF)cc1F. The van der Waals surface area contributed by atoms with Crippen molar-refractivity contribution in [3.05, 3.63) is 58.8 Å². The molecule has 0 saturated heterocycles. The molecule has 5 nitrogen and oxygen atoms in total. The van der Waals surface area contributed by atoms with Crippen LogP contribution in [0.1, 0.15) is 5.76 Å². The number of primary sulfonamides is 1. The minimum absolute atomic E-state index is 0.0199. The molecule has 1 heterocycles. The smallest absolute Gasteiger partial charge is 0.243 e. The van der Waals surface area contributed by atoms with Gasteiger partial charge >= 0.3 is 0 Å². The predicted molar refractivity (Wildman–Crippen MR) is 88.5 cm³/mol. The molecule has 0 unspecified atom stereocenters. The Morgan fingerprint density at radius 2 is 1.77 bits per heavy atom. The summed E-state index contributed by atoms with van der Waals surface area (Å²) in [7, 11) is -4.61. The summed E-state index contributed by atoms with van der Waals surface area (Å²) in [5, 5.41) is 8.91. The van der Waals surface area contributed by atoms with E-state index in [0.717, 1.165) is 12.1 Å². The first-order valence-electron chi connectivity index (χ1n) is 7.05. The van der Waals surface area contributed by atoms with Gasteiger partial charge in [-0.05, 0) is 29.8 Å². The van der Waals surface area contributed by atoms with E-state index in [1.54, 1.807) is 18.2 Å². The average molecular weight is 403 g/mol. The van der Waals surface area contributed by atoms with Gasteiger partial charge in [-0.1, -0.05) is 28.9 Å². The molecule has 3 aromatic rings. The number of nitrogens with zero attached hydrogens (tertiary/aromatic N) is 1. The van der Waals surface area contributed by atoms with Gasteiger partial charge in [-0.15, -0.1) is 0 Å². The summed E-state index contributed by atoms with van der Waals surface area (Å²) in [6.45, 7) is -1.09. The summed E-state index contributed by atoms with van der Waals surface area (Å²) in [4.78, 5) is -1.27. The number of hydrogen-bond acceptors (Lipinski definition) is 4. The van der Waals surface area contributed by atoms with Gasteiger partial charge in [-0.25, -0.2) is 26.7 Å². The second kappa shape index (κ2) is 6.75. The second-order valence-corrected chi connectivity index (χ2v) is 7.22. The molecule has 0 fully saturated rings. The second-order valence-electron chi connectivity index (χ2n) is 5.29. The minimum atomic E-state index is -4.61. The van der Waals surface area contributed by atoms with Crippen molar-refractivity contribution in [2.45, 2.75) is 11.6 Å². The maximum Gasteiger partial charge on any atom is 0.243 e. The van der Waals surface area contributed by atoms with Crippen molar-refractivity contribution < 1.29 is 26.1 Å². The van der Waals surface area contributed by atoms with E-state index in [-0.39, 0.29) is 22.6 Å². The Kier molecular flexibility index (Phi) is 4.78. The van der Waals surface area contributed by atoms with Crippen molar-refractivity contribution in [1.82, 2.24) is 5.16 Å². The number of rotatable bonds is 4. The molecule has 0 aliphatic heterocycles. The molecule has 0 radical (unpaired) electrons. The Morgan fingerprint density at radius 1 is 1.12 bits per heavy atom. The van der Waals surface area contributed by atoms with Crippen LogP contribution in [0.2, 0.25) is 5.02 Å². The van der Waals surface area contributed by atoms with Gasteiger partial charge in [-0.2, -0.15) is 0 Å². The molecule has 3 rings (SSSR count). The zero-order valence-electron chi connectivity index (χ0n) is 12.8. The highest BCUT2D eigenvalue weighted by Gasteiger charge is 2.25. The summed E-state index contributed by atoms with van der Waals surface area (Å²) in [6, 6.07) is 7.76. The van der Waals surface area contributed by atoms with E-state index in [2.05, 4.69) is 5.16 Å². The predicted octanol–water partition coefficient (Wildman–Crippen LogP) is 4.06. The maximum atomic E-state index is 14.2. The first-order chi connectivity index (χ1) is 12.2. The van der Waals surface area contributed by atoms with Crippen LogP contribution in [0.3, 0.4) is 0 Å². The molecule has 0 amide bonds. The molecule has 2 N–H and O–H groups in total. The fraction of sp³-hybridized carbons (Fsp3) is 0.0625. The first kappa shape index (κ1) is 18.4. The van der Waals surface area contributed by atoms with Crippen molar-refractivity contribution in [2.24, 2.45) is 5.14 Å². The van der Waals surface area contributed by atoms with E-state index >= 15 is 0 Å². The average Bonchev–Trinajstić information content (AvgIpc) is 2.96. The quantitative estimate of drug-likeness (QED) is 0.713. The Hall–Kier alpha value is -2.36. The molecule has 1 aromatic heterocycles. The molecule has 2 aromatic carbocycles. The molecule has 26 heavy (non-hydrogen) atoms. The molecule has 10 heteroatoms. The van der Waals surface area contributed by atoms with E-state index in [4.69, 9.17) is 21.3 Å². The normalized spacial score (nSPS) is 11.7. The van der Waals surface area contributed by atoms with Crippen LogP contribution in [-0.4, -0.2) is 13.6 Å². The fourth-order valence-electron chi connectivity index (χ4n) is 2.52. The lowest BCUT2D eigenvalue weighted by atomic mass is 9.99. The van der Waals surface area contributed by atoms with E-state index in [1.165, 1.54) is 6.07 Å². The Morgan fingerprint density at radius 3 is 2.31 bits per heavy atom. The van der Waals surface area contributed by atoms with E-state index in [1.807, 2.05) is 0 Å². The van der Waals surface area contributed by atoms with E-state index < -0.39 is 33.2 Å². The molecule has 0 aliphatic carbocycles. The van der Waals surface area contributed by atoms with Gasteiger partial charge in [0.25, 0.3) is 0 Å². The molecular weight excluding hydrogens is 393 g/mol. The highest BCUT2D eigenvalue weighted by molar-refractivity contribution is 7.89. The number of aromatic nitrogens is 1. The summed E-state index contributed by atoms with van der Waals surface area (Å²) in [5.41, 5.74) is 0.347. The lowest BCUT2D eigenvalue weighted by Crippen LogP contribution is -2.16. The Bertz CT molecular complexity index is 1080. The van der Waals surface area contributed by atoms with Crippen molar-refractivity contribution in [2.75, 3.05) is 0 Å². The van der Waals surface area contributed by atoms with Gasteiger partial charge in [0.15, 0.2) is 17.3 Å². The lowest BCUT2D eigenvalue weighted by Gasteiger charge is -2.08. The monoisotopic (exact) mass is 402 g/mol. The van der Waals surface area contributed by atoms with Crippen LogP contribution >= 0.6 is 11.6 Å². The van der Waals surface area contributed by atoms with Crippen molar-refractivity contribution >= 4 is 21.6 Å². The van der Waals surface area contributed by atoms with Gasteiger partial charge in [0.2, 0.25) is 10.0 Å². The van der Waals surface area contributed by atoms with Crippen LogP contribution in [0, 0.1) is 11.6 Å². The third kappa shape index (κ3) is 3.33. The zero-order chi connectivity index (χ0) is 19.1. The van der Waals surface area contributed by atoms with E-state index in [0.29, 0.717) is 10.6 Å². The van der Waals surface area contributed by atoms with Crippen LogP contribution in [-0.2, 0) is 16.7 Å². The zero-order valence-corrected chi connectivity index (χ0v) is 14.4. The largest absolute Gasteiger partial charge is 0.357 e. The van der Waals surface area contributed by atoms with Crippen LogP contribution < -0.4 is 5.14 Å². The molecule has 0 bridgehead atoms. The number of benzene rings is 2. The van der Waals surface area contributed by atoms with Gasteiger partial charge in [-0.3, -0.25) is 0 Å². The van der Waals surface area contributed by atoms with Crippen LogP contribution in [0.5, 0.6) is 0 Å². The van der Waals surface area contributed by atoms with Gasteiger partial charge in [0.05, 0.1) is 5.56 Å². The Balaban J connectivity index is 2.26. The van der Waals surface area contributed by atoms with Crippen LogP contribution in [0.4, 0.5) is 13.2 Å². The maximum absolute atomic E-state index is 14.2. The third-order valence-electron chi connectivity index (χ3n) is 3.55. The molecule has 136 valence electrons. The first-order valence-corrected chi connectivity index (χ1v) is 8.97. The summed E-state index contributed by atoms with van der Waals surface area (Å²) < 4.78 is 69.2. The standard InChI is InChI=1S/C16H10ClF3N2O3S/c17-10-3-1-2-8(4-10)15-14(13(7-18)25-22-15)9-5-11(19)16(12(20)6-9)26(21,23)24/h1-6H,7H2,(H2,21,23,24). The molecule has 0 atom stereocenters. The van der Waals surface area contributed by atoms with Gasteiger partial charge in [0, 0.05) is 10.6 Å². The topological polar surface area (TPSA) is 86.2 Å². The van der Waals surface area contributed by atoms with Crippen LogP contribution in [0.15, 0.2) is 45.8 Å². The van der Waals surface area contributed by atoms with Crippen molar-refractivity contribution in [3.8, 4) is 22.4 Å². The van der Waals surface area contributed by atoms with Crippen molar-refractivity contribution in [3.63, 3.8) is 0 Å². The van der Waals surface area contributed by atoms with Crippen molar-refractivity contribution in [1.29, 1.82) is 0 Å². The number of alkyl halides is 1. The van der Waals surface area contributed by atoms with Gasteiger partial charge in [0.1, 0.15) is 17.3 Å². The number of halogens is 4. The summed E-state index contributed by atoms with van der Waals surface area (Å²) >= 11 is 5.92. The number of sulfonamides is 1. The number of nitrogens with two attached hydrogens (primary N) is 1. The Labute approximate surface area is 151 Å². The van der Waals surface area contributed by atoms with Crippen LogP contribution in [0.25, 0.3) is 22.4 Å². The summed E-state index contributed by atoms with van der Waals surface area (Å²) in [5.74, 6) is -3.10. The van der Waals surface area contributed by atoms with E-state index in [9.17, 15) is 21.6 Å². The number of hydrogen-bond donors (Lipinski definition) is 1. The lowest BCUT2D eigenvalue weighted by molar-refractivity contribution is 0.332.